The Morgan fingerprint density at radius 3 is 1.25 bits per heavy atom. The molecule has 0 aliphatic carbocycles. The van der Waals surface area contributed by atoms with Gasteiger partial charge in [-0.2, -0.15) is 0 Å². The van der Waals surface area contributed by atoms with Crippen LogP contribution in [0.3, 0.4) is 0 Å². The van der Waals surface area contributed by atoms with Crippen molar-refractivity contribution in [2.75, 3.05) is 0 Å². The predicted molar refractivity (Wildman–Crippen MR) is 106 cm³/mol. The molecule has 6 nitrogen and oxygen atoms in total. The van der Waals surface area contributed by atoms with Crippen molar-refractivity contribution in [3.8, 4) is 24.0 Å². The number of hydrogen-bond donors (Lipinski definition) is 0. The Balaban J connectivity index is 1.61. The number of nitriles is 2. The Labute approximate surface area is 162 Å². The van der Waals surface area contributed by atoms with Crippen LogP contribution < -0.4 is 9.47 Å². The van der Waals surface area contributed by atoms with Gasteiger partial charge in [0.1, 0.15) is 11.5 Å². The second-order valence-corrected chi connectivity index (χ2v) is 5.56. The van der Waals surface area contributed by atoms with Crippen LogP contribution in [0.1, 0.15) is 11.1 Å². The standard InChI is InChI=1S/C22H14N4O2/c23-15-27-21-9-5-19(6-10-21)25-13-17-1-2-18(4-3-17)14-26-20-7-11-22(12-8-20)28-16-24/h1-14H. The zero-order valence-electron chi connectivity index (χ0n) is 14.7. The maximum atomic E-state index is 8.47. The van der Waals surface area contributed by atoms with E-state index in [0.717, 1.165) is 22.5 Å². The molecule has 134 valence electrons. The van der Waals surface area contributed by atoms with Gasteiger partial charge in [0, 0.05) is 12.4 Å². The fourth-order valence-corrected chi connectivity index (χ4v) is 2.27. The van der Waals surface area contributed by atoms with Gasteiger partial charge in [-0.15, -0.1) is 10.5 Å². The number of aliphatic imine (C=N–C) groups is 2. The number of rotatable bonds is 6. The molecule has 0 heterocycles. The van der Waals surface area contributed by atoms with E-state index in [1.54, 1.807) is 73.5 Å². The van der Waals surface area contributed by atoms with E-state index in [1.165, 1.54) is 0 Å². The summed E-state index contributed by atoms with van der Waals surface area (Å²) in [7, 11) is 0. The van der Waals surface area contributed by atoms with Crippen molar-refractivity contribution < 1.29 is 9.47 Å². The maximum absolute atomic E-state index is 8.47. The van der Waals surface area contributed by atoms with Crippen LogP contribution in [0.4, 0.5) is 11.4 Å². The highest BCUT2D eigenvalue weighted by Crippen LogP contribution is 2.19. The monoisotopic (exact) mass is 366 g/mol. The first-order valence-electron chi connectivity index (χ1n) is 8.27. The first kappa shape index (κ1) is 18.4. The molecule has 0 fully saturated rings. The molecule has 28 heavy (non-hydrogen) atoms. The van der Waals surface area contributed by atoms with Gasteiger partial charge in [-0.05, 0) is 59.7 Å². The first-order valence-corrected chi connectivity index (χ1v) is 8.27. The molecule has 0 radical (unpaired) electrons. The number of ether oxygens (including phenoxy) is 2. The average Bonchev–Trinajstić information content (AvgIpc) is 2.74. The van der Waals surface area contributed by atoms with E-state index in [-0.39, 0.29) is 0 Å². The SMILES string of the molecule is N#COc1ccc(N=Cc2ccc(C=Nc3ccc(OC#N)cc3)cc2)cc1. The minimum absolute atomic E-state index is 0.484. The van der Waals surface area contributed by atoms with Gasteiger partial charge in [0.2, 0.25) is 0 Å². The van der Waals surface area contributed by atoms with E-state index in [9.17, 15) is 0 Å². The van der Waals surface area contributed by atoms with E-state index in [2.05, 4.69) is 9.98 Å². The van der Waals surface area contributed by atoms with Crippen LogP contribution in [0.15, 0.2) is 82.8 Å². The summed E-state index contributed by atoms with van der Waals surface area (Å²) in [5.74, 6) is 0.967. The molecule has 0 N–H and O–H groups in total. The summed E-state index contributed by atoms with van der Waals surface area (Å²) >= 11 is 0. The lowest BCUT2D eigenvalue weighted by molar-refractivity contribution is 0.507. The minimum atomic E-state index is 0.484. The van der Waals surface area contributed by atoms with E-state index < -0.39 is 0 Å². The molecule has 0 saturated carbocycles. The number of nitrogens with zero attached hydrogens (tertiary/aromatic N) is 4. The highest BCUT2D eigenvalue weighted by atomic mass is 16.5. The summed E-state index contributed by atoms with van der Waals surface area (Å²) in [6.07, 6.45) is 6.77. The summed E-state index contributed by atoms with van der Waals surface area (Å²) in [6, 6.07) is 21.6. The topological polar surface area (TPSA) is 90.8 Å². The van der Waals surface area contributed by atoms with Gasteiger partial charge < -0.3 is 9.47 Å². The van der Waals surface area contributed by atoms with E-state index >= 15 is 0 Å². The number of hydrogen-bond acceptors (Lipinski definition) is 6. The Morgan fingerprint density at radius 1 is 0.571 bits per heavy atom. The van der Waals surface area contributed by atoms with Gasteiger partial charge in [0.25, 0.3) is 12.5 Å². The molecule has 0 aromatic heterocycles. The molecular weight excluding hydrogens is 352 g/mol. The van der Waals surface area contributed by atoms with Gasteiger partial charge in [-0.1, -0.05) is 24.3 Å². The molecule has 3 rings (SSSR count). The largest absolute Gasteiger partial charge is 0.388 e. The van der Waals surface area contributed by atoms with Crippen LogP contribution in [0.2, 0.25) is 0 Å². The predicted octanol–water partition coefficient (Wildman–Crippen LogP) is 4.91. The van der Waals surface area contributed by atoms with Crippen LogP contribution in [0.25, 0.3) is 0 Å². The van der Waals surface area contributed by atoms with Crippen molar-refractivity contribution in [1.82, 2.24) is 0 Å². The molecule has 0 bridgehead atoms. The molecule has 6 heteroatoms. The molecule has 0 aliphatic rings. The molecule has 3 aromatic rings. The van der Waals surface area contributed by atoms with Crippen molar-refractivity contribution in [1.29, 1.82) is 10.5 Å². The van der Waals surface area contributed by atoms with Crippen molar-refractivity contribution >= 4 is 23.8 Å². The van der Waals surface area contributed by atoms with Crippen molar-refractivity contribution in [3.05, 3.63) is 83.9 Å². The zero-order chi connectivity index (χ0) is 19.6. The lowest BCUT2D eigenvalue weighted by Gasteiger charge is -1.98. The summed E-state index contributed by atoms with van der Waals surface area (Å²) in [6.45, 7) is 0. The van der Waals surface area contributed by atoms with Gasteiger partial charge in [0.15, 0.2) is 0 Å². The molecule has 0 saturated heterocycles. The Hall–Kier alpha value is -4.42. The third-order valence-corrected chi connectivity index (χ3v) is 3.66. The Bertz CT molecular complexity index is 968. The van der Waals surface area contributed by atoms with Crippen LogP contribution in [0.5, 0.6) is 11.5 Å². The summed E-state index contributed by atoms with van der Waals surface area (Å²) in [5.41, 5.74) is 3.43. The molecule has 0 atom stereocenters. The van der Waals surface area contributed by atoms with Crippen molar-refractivity contribution in [2.24, 2.45) is 9.98 Å². The summed E-state index contributed by atoms with van der Waals surface area (Å²) < 4.78 is 9.46. The molecule has 0 amide bonds. The third-order valence-electron chi connectivity index (χ3n) is 3.66. The highest BCUT2D eigenvalue weighted by molar-refractivity contribution is 5.86. The van der Waals surface area contributed by atoms with Gasteiger partial charge in [-0.3, -0.25) is 9.98 Å². The first-order chi connectivity index (χ1) is 13.8. The van der Waals surface area contributed by atoms with Crippen molar-refractivity contribution in [3.63, 3.8) is 0 Å². The molecule has 0 unspecified atom stereocenters. The van der Waals surface area contributed by atoms with Gasteiger partial charge in [0.05, 0.1) is 11.4 Å². The quantitative estimate of drug-likeness (QED) is 0.458. The lowest BCUT2D eigenvalue weighted by Crippen LogP contribution is -1.85. The van der Waals surface area contributed by atoms with Crippen molar-refractivity contribution in [2.45, 2.75) is 0 Å². The Morgan fingerprint density at radius 2 is 0.929 bits per heavy atom. The van der Waals surface area contributed by atoms with Gasteiger partial charge in [-0.25, -0.2) is 0 Å². The van der Waals surface area contributed by atoms with Gasteiger partial charge >= 0.3 is 0 Å². The average molecular weight is 366 g/mol. The van der Waals surface area contributed by atoms with Crippen LogP contribution in [-0.4, -0.2) is 12.4 Å². The second kappa shape index (κ2) is 9.33. The molecular formula is C22H14N4O2. The Kier molecular flexibility index (Phi) is 6.12. The minimum Gasteiger partial charge on any atom is -0.388 e. The molecule has 3 aromatic carbocycles. The van der Waals surface area contributed by atoms with Crippen LogP contribution >= 0.6 is 0 Å². The maximum Gasteiger partial charge on any atom is 0.292 e. The smallest absolute Gasteiger partial charge is 0.292 e. The molecule has 0 spiro atoms. The third kappa shape index (κ3) is 5.29. The van der Waals surface area contributed by atoms with E-state index in [1.807, 2.05) is 24.3 Å². The fourth-order valence-electron chi connectivity index (χ4n) is 2.27. The fraction of sp³-hybridized carbons (Fsp3) is 0. The molecule has 0 aliphatic heterocycles. The van der Waals surface area contributed by atoms with Crippen LogP contribution in [-0.2, 0) is 0 Å². The van der Waals surface area contributed by atoms with E-state index in [4.69, 9.17) is 20.0 Å². The van der Waals surface area contributed by atoms with Crippen LogP contribution in [0, 0.1) is 23.0 Å². The second-order valence-electron chi connectivity index (χ2n) is 5.56. The number of benzene rings is 3. The normalized spacial score (nSPS) is 10.5. The summed E-state index contributed by atoms with van der Waals surface area (Å²) in [5, 5.41) is 16.9. The zero-order valence-corrected chi connectivity index (χ0v) is 14.7. The summed E-state index contributed by atoms with van der Waals surface area (Å²) in [4.78, 5) is 8.78. The highest BCUT2D eigenvalue weighted by Gasteiger charge is 1.95. The van der Waals surface area contributed by atoms with E-state index in [0.29, 0.717) is 11.5 Å². The lowest BCUT2D eigenvalue weighted by atomic mass is 10.1.